The van der Waals surface area contributed by atoms with Gasteiger partial charge in [-0.3, -0.25) is 9.78 Å². The number of carbonyl (C=O) groups is 1. The number of nitrogens with one attached hydrogen (secondary N) is 1. The number of fused-ring (bicyclic) bond motifs is 2. The summed E-state index contributed by atoms with van der Waals surface area (Å²) in [5.74, 6) is -0.0830. The molecule has 1 N–H and O–H groups in total. The van der Waals surface area contributed by atoms with E-state index in [1.54, 1.807) is 12.4 Å². The van der Waals surface area contributed by atoms with Crippen LogP contribution in [0.4, 0.5) is 0 Å². The molecule has 11 heteroatoms. The van der Waals surface area contributed by atoms with Crippen molar-refractivity contribution in [2.24, 2.45) is 0 Å². The molecule has 0 spiro atoms. The smallest absolute Gasteiger partial charge is 0.251 e. The number of carbonyl (C=O) groups excluding carboxylic acids is 1. The number of sulfonamides is 1. The highest BCUT2D eigenvalue weighted by molar-refractivity contribution is 7.88. The molecule has 2 aliphatic rings. The number of aromatic nitrogens is 4. The van der Waals surface area contributed by atoms with Crippen molar-refractivity contribution in [3.8, 4) is 28.5 Å². The molecule has 0 aliphatic carbocycles. The fraction of sp³-hybridized carbons (Fsp3) is 0.240. The van der Waals surface area contributed by atoms with Gasteiger partial charge in [0.2, 0.25) is 10.0 Å². The molecule has 10 nitrogen and oxygen atoms in total. The minimum absolute atomic E-state index is 0.0830. The van der Waals surface area contributed by atoms with Crippen LogP contribution in [-0.2, 0) is 22.1 Å². The van der Waals surface area contributed by atoms with Crippen molar-refractivity contribution in [3.63, 3.8) is 0 Å². The van der Waals surface area contributed by atoms with Crippen molar-refractivity contribution in [3.05, 3.63) is 66.0 Å². The lowest BCUT2D eigenvalue weighted by Crippen LogP contribution is -2.64. The second-order valence-electron chi connectivity index (χ2n) is 9.26. The summed E-state index contributed by atoms with van der Waals surface area (Å²) in [6.45, 7) is 0.823. The molecule has 2 aliphatic heterocycles. The number of rotatable bonds is 5. The van der Waals surface area contributed by atoms with E-state index >= 15 is 0 Å². The molecule has 1 fully saturated rings. The lowest BCUT2D eigenvalue weighted by Gasteiger charge is -2.46. The van der Waals surface area contributed by atoms with Crippen LogP contribution in [0.25, 0.3) is 33.3 Å². The predicted molar refractivity (Wildman–Crippen MR) is 132 cm³/mol. The quantitative estimate of drug-likeness (QED) is 0.445. The van der Waals surface area contributed by atoms with Gasteiger partial charge in [0.15, 0.2) is 0 Å². The maximum absolute atomic E-state index is 12.2. The van der Waals surface area contributed by atoms with Crippen LogP contribution in [0.5, 0.6) is 0 Å². The second kappa shape index (κ2) is 7.94. The normalized spacial score (nSPS) is 16.8. The molecule has 0 bridgehead atoms. The van der Waals surface area contributed by atoms with E-state index in [1.807, 2.05) is 42.5 Å². The molecule has 180 valence electrons. The summed E-state index contributed by atoms with van der Waals surface area (Å²) in [5, 5.41) is 22.3. The highest BCUT2D eigenvalue weighted by atomic mass is 32.2. The molecule has 2 aromatic carbocycles. The summed E-state index contributed by atoms with van der Waals surface area (Å²) in [6.07, 6.45) is 4.59. The van der Waals surface area contributed by atoms with E-state index in [9.17, 15) is 18.5 Å². The lowest BCUT2D eigenvalue weighted by atomic mass is 9.90. The Bertz CT molecular complexity index is 1700. The molecular weight excluding hydrogens is 478 g/mol. The molecule has 1 saturated heterocycles. The first kappa shape index (κ1) is 22.3. The third kappa shape index (κ3) is 3.54. The number of benzene rings is 2. The summed E-state index contributed by atoms with van der Waals surface area (Å²) in [4.78, 5) is 18.2. The Balaban J connectivity index is 1.44. The number of nitrogens with zero attached hydrogens (tertiary/aromatic N) is 6. The Labute approximate surface area is 207 Å². The SMILES string of the molecule is CS(=O)(=O)N1CC(CC#N)(n2ncc(-c3cc(-c4ccc5c(c4)C(=O)NC5)cc4ncccc34)n2)C1. The van der Waals surface area contributed by atoms with E-state index in [-0.39, 0.29) is 25.4 Å². The average Bonchev–Trinajstić information content (AvgIpc) is 3.47. The van der Waals surface area contributed by atoms with Gasteiger partial charge in [-0.15, -0.1) is 0 Å². The molecule has 1 amide bonds. The fourth-order valence-corrected chi connectivity index (χ4v) is 5.82. The van der Waals surface area contributed by atoms with Gasteiger partial charge >= 0.3 is 0 Å². The number of hydrogen-bond acceptors (Lipinski definition) is 7. The standard InChI is InChI=1S/C25H21N7O3S/c1-36(34,35)31-14-25(15-31,6-7-26)32-29-13-23(30-32)21-10-18(11-22-19(21)3-2-8-27-22)16-4-5-17-12-28-24(33)20(17)9-16/h2-5,8-11,13H,6,12,14-15H2,1H3,(H,28,33). The van der Waals surface area contributed by atoms with E-state index in [4.69, 9.17) is 5.10 Å². The Morgan fingerprint density at radius 2 is 1.94 bits per heavy atom. The Kier molecular flexibility index (Phi) is 4.93. The van der Waals surface area contributed by atoms with Gasteiger partial charge in [-0.05, 0) is 41.0 Å². The second-order valence-corrected chi connectivity index (χ2v) is 11.2. The third-order valence-electron chi connectivity index (χ3n) is 6.86. The zero-order valence-corrected chi connectivity index (χ0v) is 20.2. The fourth-order valence-electron chi connectivity index (χ4n) is 4.87. The Hall–Kier alpha value is -4.14. The van der Waals surface area contributed by atoms with Crippen LogP contribution in [0.15, 0.2) is 54.9 Å². The van der Waals surface area contributed by atoms with E-state index in [0.717, 1.165) is 39.4 Å². The summed E-state index contributed by atoms with van der Waals surface area (Å²) in [5.41, 5.74) is 4.75. The molecule has 0 saturated carbocycles. The summed E-state index contributed by atoms with van der Waals surface area (Å²) >= 11 is 0. The average molecular weight is 500 g/mol. The first-order valence-electron chi connectivity index (χ1n) is 11.3. The van der Waals surface area contributed by atoms with Crippen molar-refractivity contribution < 1.29 is 13.2 Å². The van der Waals surface area contributed by atoms with Crippen LogP contribution in [-0.4, -0.2) is 58.0 Å². The van der Waals surface area contributed by atoms with Crippen molar-refractivity contribution in [1.29, 1.82) is 5.26 Å². The van der Waals surface area contributed by atoms with Crippen LogP contribution < -0.4 is 5.32 Å². The first-order chi connectivity index (χ1) is 17.3. The zero-order chi connectivity index (χ0) is 25.1. The van der Waals surface area contributed by atoms with Gasteiger partial charge < -0.3 is 5.32 Å². The van der Waals surface area contributed by atoms with Crippen molar-refractivity contribution >= 4 is 26.8 Å². The molecule has 0 atom stereocenters. The molecule has 36 heavy (non-hydrogen) atoms. The zero-order valence-electron chi connectivity index (χ0n) is 19.3. The maximum Gasteiger partial charge on any atom is 0.251 e. The monoisotopic (exact) mass is 499 g/mol. The molecular formula is C25H21N7O3S. The number of pyridine rings is 1. The Morgan fingerprint density at radius 3 is 2.72 bits per heavy atom. The van der Waals surface area contributed by atoms with E-state index in [0.29, 0.717) is 17.8 Å². The van der Waals surface area contributed by atoms with Crippen LogP contribution in [0, 0.1) is 11.3 Å². The summed E-state index contributed by atoms with van der Waals surface area (Å²) in [7, 11) is -3.36. The van der Waals surface area contributed by atoms with Crippen LogP contribution in [0.1, 0.15) is 22.3 Å². The van der Waals surface area contributed by atoms with Gasteiger partial charge in [-0.25, -0.2) is 8.42 Å². The van der Waals surface area contributed by atoms with Crippen molar-refractivity contribution in [2.75, 3.05) is 19.3 Å². The lowest BCUT2D eigenvalue weighted by molar-refractivity contribution is 0.0579. The Morgan fingerprint density at radius 1 is 1.14 bits per heavy atom. The van der Waals surface area contributed by atoms with Crippen molar-refractivity contribution in [1.82, 2.24) is 29.6 Å². The molecule has 2 aromatic heterocycles. The minimum atomic E-state index is -3.36. The largest absolute Gasteiger partial charge is 0.348 e. The van der Waals surface area contributed by atoms with Gasteiger partial charge in [0.05, 0.1) is 30.5 Å². The van der Waals surface area contributed by atoms with Crippen LogP contribution in [0.2, 0.25) is 0 Å². The van der Waals surface area contributed by atoms with E-state index in [2.05, 4.69) is 21.5 Å². The minimum Gasteiger partial charge on any atom is -0.348 e. The number of amides is 1. The van der Waals surface area contributed by atoms with Gasteiger partial charge in [0.1, 0.15) is 11.2 Å². The van der Waals surface area contributed by atoms with Gasteiger partial charge in [0, 0.05) is 42.3 Å². The molecule has 0 radical (unpaired) electrons. The molecule has 4 heterocycles. The van der Waals surface area contributed by atoms with Gasteiger partial charge in [-0.2, -0.15) is 24.6 Å². The van der Waals surface area contributed by atoms with E-state index in [1.165, 1.54) is 9.10 Å². The first-order valence-corrected chi connectivity index (χ1v) is 13.2. The van der Waals surface area contributed by atoms with Gasteiger partial charge in [0.25, 0.3) is 5.91 Å². The van der Waals surface area contributed by atoms with E-state index < -0.39 is 15.6 Å². The third-order valence-corrected chi connectivity index (χ3v) is 8.05. The molecule has 4 aromatic rings. The van der Waals surface area contributed by atoms with Crippen LogP contribution in [0.3, 0.4) is 0 Å². The number of nitriles is 1. The van der Waals surface area contributed by atoms with Crippen molar-refractivity contribution in [2.45, 2.75) is 18.5 Å². The predicted octanol–water partition coefficient (Wildman–Crippen LogP) is 2.29. The molecule has 6 rings (SSSR count). The highest BCUT2D eigenvalue weighted by Gasteiger charge is 2.50. The maximum atomic E-state index is 12.2. The number of hydrogen-bond donors (Lipinski definition) is 1. The summed E-state index contributed by atoms with van der Waals surface area (Å²) in [6, 6.07) is 15.8. The van der Waals surface area contributed by atoms with Gasteiger partial charge in [-0.1, -0.05) is 18.2 Å². The topological polar surface area (TPSA) is 134 Å². The molecule has 0 unspecified atom stereocenters. The highest BCUT2D eigenvalue weighted by Crippen LogP contribution is 2.36. The van der Waals surface area contributed by atoms with Crippen LogP contribution >= 0.6 is 0 Å². The summed E-state index contributed by atoms with van der Waals surface area (Å²) < 4.78 is 25.2.